The van der Waals surface area contributed by atoms with Crippen LogP contribution in [0, 0.1) is 5.41 Å². The van der Waals surface area contributed by atoms with Crippen LogP contribution in [0.1, 0.15) is 50.9 Å². The van der Waals surface area contributed by atoms with Crippen LogP contribution in [-0.4, -0.2) is 9.97 Å². The minimum absolute atomic E-state index is 0.0284. The summed E-state index contributed by atoms with van der Waals surface area (Å²) in [5.74, 6) is 0.386. The van der Waals surface area contributed by atoms with Gasteiger partial charge in [0.05, 0.1) is 22.8 Å². The third-order valence-corrected chi connectivity index (χ3v) is 13.2. The molecule has 0 aliphatic heterocycles. The van der Waals surface area contributed by atoms with Crippen molar-refractivity contribution in [3.05, 3.63) is 157 Å². The van der Waals surface area contributed by atoms with Crippen molar-refractivity contribution in [2.45, 2.75) is 44.9 Å². The summed E-state index contributed by atoms with van der Waals surface area (Å²) in [6.45, 7) is 7.29. The molecular weight excluding hydrogens is 641 g/mol. The number of hydrogen-bond acceptors (Lipinski definition) is 5. The summed E-state index contributed by atoms with van der Waals surface area (Å²) in [4.78, 5) is 16.4. The van der Waals surface area contributed by atoms with E-state index in [9.17, 15) is 0 Å². The van der Waals surface area contributed by atoms with Crippen molar-refractivity contribution >= 4 is 76.7 Å². The summed E-state index contributed by atoms with van der Waals surface area (Å²) in [5.41, 5.74) is 8.78. The second-order valence-electron chi connectivity index (χ2n) is 14.9. The Balaban J connectivity index is 1.33. The van der Waals surface area contributed by atoms with E-state index in [1.807, 2.05) is 0 Å². The zero-order valence-corrected chi connectivity index (χ0v) is 29.9. The molecule has 0 amide bonds. The van der Waals surface area contributed by atoms with E-state index in [1.165, 1.54) is 32.9 Å². The third-order valence-electron chi connectivity index (χ3n) is 12.1. The molecule has 0 spiro atoms. The van der Waals surface area contributed by atoms with Crippen molar-refractivity contribution in [2.24, 2.45) is 5.41 Å². The van der Waals surface area contributed by atoms with Crippen LogP contribution in [0.25, 0.3) is 32.6 Å². The molecule has 1 saturated carbocycles. The first kappa shape index (κ1) is 30.3. The Bertz CT molecular complexity index is 2600. The fourth-order valence-electron chi connectivity index (χ4n) is 8.98. The molecule has 2 bridgehead atoms. The van der Waals surface area contributed by atoms with Gasteiger partial charge >= 0.3 is 0 Å². The lowest BCUT2D eigenvalue weighted by molar-refractivity contribution is 0.227. The quantitative estimate of drug-likeness (QED) is 0.175. The minimum Gasteiger partial charge on any atom is -0.299 e. The van der Waals surface area contributed by atoms with E-state index in [-0.39, 0.29) is 10.8 Å². The van der Waals surface area contributed by atoms with Crippen LogP contribution in [0.2, 0.25) is 0 Å². The van der Waals surface area contributed by atoms with Crippen molar-refractivity contribution in [1.29, 1.82) is 0 Å². The van der Waals surface area contributed by atoms with E-state index in [4.69, 9.17) is 9.97 Å². The first-order valence-electron chi connectivity index (χ1n) is 17.9. The summed E-state index contributed by atoms with van der Waals surface area (Å²) in [5, 5.41) is 6.95. The Kier molecular flexibility index (Phi) is 6.68. The molecule has 0 saturated heterocycles. The Morgan fingerprint density at radius 3 is 1.57 bits per heavy atom. The molecule has 2 aliphatic rings. The molecule has 0 N–H and O–H groups in total. The molecule has 0 radical (unpaired) electrons. The van der Waals surface area contributed by atoms with Gasteiger partial charge in [-0.1, -0.05) is 141 Å². The Labute approximate surface area is 302 Å². The van der Waals surface area contributed by atoms with Gasteiger partial charge in [-0.3, -0.25) is 9.80 Å². The first-order valence-corrected chi connectivity index (χ1v) is 18.8. The smallest absolute Gasteiger partial charge is 0.131 e. The zero-order valence-electron chi connectivity index (χ0n) is 29.0. The molecule has 8 aromatic rings. The van der Waals surface area contributed by atoms with Crippen molar-refractivity contribution in [3.8, 4) is 0 Å². The molecule has 51 heavy (non-hydrogen) atoms. The second kappa shape index (κ2) is 11.2. The highest BCUT2D eigenvalue weighted by Gasteiger charge is 2.61. The van der Waals surface area contributed by atoms with Crippen LogP contribution in [0.5, 0.6) is 0 Å². The van der Waals surface area contributed by atoms with Gasteiger partial charge in [0, 0.05) is 33.5 Å². The summed E-state index contributed by atoms with van der Waals surface area (Å²) in [7, 11) is 0. The van der Waals surface area contributed by atoms with Crippen molar-refractivity contribution in [2.75, 3.05) is 9.80 Å². The van der Waals surface area contributed by atoms with Crippen LogP contribution in [0.4, 0.5) is 32.8 Å². The van der Waals surface area contributed by atoms with Gasteiger partial charge in [-0.05, 0) is 65.4 Å². The van der Waals surface area contributed by atoms with Gasteiger partial charge in [-0.15, -0.1) is 0 Å². The van der Waals surface area contributed by atoms with Crippen LogP contribution in [0.15, 0.2) is 146 Å². The molecule has 2 unspecified atom stereocenters. The summed E-state index contributed by atoms with van der Waals surface area (Å²) >= 11 is 1.79. The first-order chi connectivity index (χ1) is 24.9. The van der Waals surface area contributed by atoms with Gasteiger partial charge < -0.3 is 0 Å². The normalized spacial score (nSPS) is 18.8. The lowest BCUT2D eigenvalue weighted by Gasteiger charge is -2.34. The number of aromatic nitrogens is 2. The highest BCUT2D eigenvalue weighted by molar-refractivity contribution is 7.22. The Morgan fingerprint density at radius 1 is 0.549 bits per heavy atom. The molecular formula is C46H38N4S. The van der Waals surface area contributed by atoms with E-state index in [0.717, 1.165) is 56.6 Å². The fraction of sp³-hybridized carbons (Fsp3) is 0.174. The highest BCUT2D eigenvalue weighted by Crippen LogP contribution is 2.67. The molecule has 4 nitrogen and oxygen atoms in total. The molecule has 1 fully saturated rings. The number of nitrogens with zero attached hydrogens (tertiary/aromatic N) is 4. The zero-order chi connectivity index (χ0) is 34.3. The van der Waals surface area contributed by atoms with Crippen molar-refractivity contribution in [3.63, 3.8) is 0 Å². The highest BCUT2D eigenvalue weighted by atomic mass is 32.1. The van der Waals surface area contributed by atoms with Crippen LogP contribution in [0.3, 0.4) is 0 Å². The predicted octanol–water partition coefficient (Wildman–Crippen LogP) is 13.1. The number of para-hydroxylation sites is 2. The molecule has 2 heterocycles. The maximum Gasteiger partial charge on any atom is 0.131 e. The second-order valence-corrected chi connectivity index (χ2v) is 15.8. The standard InChI is InChI=1S/C46H38N4S/c1-45(2)36-28-29-46(45,3)42-39(36)47-40-41(48-42)44(50(33-22-8-5-9-23-33)38-27-15-19-31-17-11-13-25-35(31)38)51-43(40)49(32-20-6-4-7-21-32)37-26-14-18-30-16-10-12-24-34(30)37/h4-27,36H,28-29H2,1-3H3. The predicted molar refractivity (Wildman–Crippen MR) is 215 cm³/mol. The van der Waals surface area contributed by atoms with Gasteiger partial charge in [0.15, 0.2) is 0 Å². The Morgan fingerprint density at radius 2 is 1.02 bits per heavy atom. The SMILES string of the molecule is CC12CCC(c3nc4c(N(c5ccccc5)c5cccc6ccccc56)sc(N(c5ccccc5)c5cccc6ccccc56)c4nc31)C2(C)C. The summed E-state index contributed by atoms with van der Waals surface area (Å²) < 4.78 is 0. The van der Waals surface area contributed by atoms with Gasteiger partial charge in [0.25, 0.3) is 0 Å². The number of benzene rings is 6. The molecule has 10 rings (SSSR count). The van der Waals surface area contributed by atoms with E-state index in [0.29, 0.717) is 5.92 Å². The molecule has 2 aromatic heterocycles. The number of rotatable bonds is 6. The van der Waals surface area contributed by atoms with Crippen molar-refractivity contribution in [1.82, 2.24) is 9.97 Å². The lowest BCUT2D eigenvalue weighted by atomic mass is 9.70. The average Bonchev–Trinajstić information content (AvgIpc) is 3.70. The summed E-state index contributed by atoms with van der Waals surface area (Å²) in [6, 6.07) is 52.1. The van der Waals surface area contributed by atoms with Gasteiger partial charge in [0.2, 0.25) is 0 Å². The van der Waals surface area contributed by atoms with Gasteiger partial charge in [0.1, 0.15) is 21.0 Å². The van der Waals surface area contributed by atoms with Crippen molar-refractivity contribution < 1.29 is 0 Å². The maximum absolute atomic E-state index is 5.79. The molecule has 2 atom stereocenters. The van der Waals surface area contributed by atoms with E-state index in [2.05, 4.69) is 176 Å². The fourth-order valence-corrected chi connectivity index (χ4v) is 10.2. The van der Waals surface area contributed by atoms with E-state index < -0.39 is 0 Å². The lowest BCUT2D eigenvalue weighted by Crippen LogP contribution is -2.32. The Hall–Kier alpha value is -5.52. The van der Waals surface area contributed by atoms with Gasteiger partial charge in [-0.2, -0.15) is 0 Å². The minimum atomic E-state index is -0.0284. The van der Waals surface area contributed by atoms with E-state index >= 15 is 0 Å². The number of fused-ring (bicyclic) bond motifs is 8. The number of hydrogen-bond donors (Lipinski definition) is 0. The average molecular weight is 679 g/mol. The van der Waals surface area contributed by atoms with Crippen LogP contribution >= 0.6 is 11.3 Å². The topological polar surface area (TPSA) is 32.3 Å². The monoisotopic (exact) mass is 678 g/mol. The molecule has 5 heteroatoms. The molecule has 248 valence electrons. The maximum atomic E-state index is 5.79. The number of anilines is 6. The van der Waals surface area contributed by atoms with E-state index in [1.54, 1.807) is 11.3 Å². The molecule has 6 aromatic carbocycles. The van der Waals surface area contributed by atoms with Gasteiger partial charge in [-0.25, -0.2) is 9.97 Å². The molecule has 2 aliphatic carbocycles. The van der Waals surface area contributed by atoms with Crippen LogP contribution < -0.4 is 9.80 Å². The third kappa shape index (κ3) is 4.37. The summed E-state index contributed by atoms with van der Waals surface area (Å²) in [6.07, 6.45) is 2.29. The van der Waals surface area contributed by atoms with Crippen LogP contribution in [-0.2, 0) is 5.41 Å². The largest absolute Gasteiger partial charge is 0.299 e. The number of thiophene rings is 1.